The number of rotatable bonds is 0. The molecule has 0 fully saturated rings. The second-order valence-electron chi connectivity index (χ2n) is 4.62. The first-order chi connectivity index (χ1) is 9.45. The molecule has 0 saturated carbocycles. The number of hydrogen-bond donors (Lipinski definition) is 0. The molecule has 0 atom stereocenters. The van der Waals surface area contributed by atoms with Gasteiger partial charge in [-0.1, -0.05) is 84.9 Å². The van der Waals surface area contributed by atoms with E-state index in [1.54, 1.807) is 0 Å². The fourth-order valence-electron chi connectivity index (χ4n) is 2.46. The van der Waals surface area contributed by atoms with Gasteiger partial charge in [-0.2, -0.15) is 13.5 Å². The first kappa shape index (κ1) is 14.4. The molecule has 0 radical (unpaired) electrons. The van der Waals surface area contributed by atoms with Crippen LogP contribution in [0.15, 0.2) is 78.9 Å². The first-order valence-electron chi connectivity index (χ1n) is 6.62. The van der Waals surface area contributed by atoms with Crippen molar-refractivity contribution in [3.8, 4) is 0 Å². The van der Waals surface area contributed by atoms with Gasteiger partial charge in [0.05, 0.1) is 0 Å². The van der Waals surface area contributed by atoms with Crippen LogP contribution in [0.3, 0.4) is 0 Å². The Bertz CT molecular complexity index is 667. The lowest BCUT2D eigenvalue weighted by atomic mass is 9.93. The molecule has 0 saturated heterocycles. The van der Waals surface area contributed by atoms with E-state index in [0.717, 1.165) is 6.42 Å². The van der Waals surface area contributed by atoms with E-state index >= 15 is 0 Å². The minimum atomic E-state index is 0. The Hall–Kier alpha value is -1.99. The van der Waals surface area contributed by atoms with Gasteiger partial charge in [0.1, 0.15) is 0 Å². The number of benzene rings is 3. The van der Waals surface area contributed by atoms with Crippen molar-refractivity contribution in [3.63, 3.8) is 0 Å². The molecule has 1 aliphatic rings. The smallest absolute Gasteiger partial charge is 0.00763 e. The van der Waals surface area contributed by atoms with Gasteiger partial charge in [-0.15, -0.1) is 0 Å². The second-order valence-corrected chi connectivity index (χ2v) is 4.62. The van der Waals surface area contributed by atoms with Crippen molar-refractivity contribution in [2.45, 2.75) is 6.42 Å². The molecule has 0 aromatic heterocycles. The van der Waals surface area contributed by atoms with E-state index in [9.17, 15) is 0 Å². The summed E-state index contributed by atoms with van der Waals surface area (Å²) < 4.78 is 0. The summed E-state index contributed by atoms with van der Waals surface area (Å²) in [5.74, 6) is 0. The summed E-state index contributed by atoms with van der Waals surface area (Å²) >= 11 is 0. The van der Waals surface area contributed by atoms with E-state index in [-0.39, 0.29) is 13.5 Å². The van der Waals surface area contributed by atoms with E-state index < -0.39 is 0 Å². The number of hydrogen-bond acceptors (Lipinski definition) is 0. The SMILES string of the molecule is C1=Cc2cccc3cccc(c23)C1.S.c1ccccc1. The first-order valence-corrected chi connectivity index (χ1v) is 6.62. The summed E-state index contributed by atoms with van der Waals surface area (Å²) in [6.07, 6.45) is 5.53. The van der Waals surface area contributed by atoms with E-state index in [1.807, 2.05) is 36.4 Å². The Morgan fingerprint density at radius 3 is 1.90 bits per heavy atom. The maximum Gasteiger partial charge on any atom is -0.00763 e. The van der Waals surface area contributed by atoms with Gasteiger partial charge < -0.3 is 0 Å². The van der Waals surface area contributed by atoms with E-state index in [2.05, 4.69) is 48.6 Å². The molecule has 3 aromatic rings. The maximum atomic E-state index is 2.23. The largest absolute Gasteiger partial charge is 0.197 e. The molecule has 0 nitrogen and oxygen atoms in total. The van der Waals surface area contributed by atoms with Gasteiger partial charge >= 0.3 is 0 Å². The van der Waals surface area contributed by atoms with Crippen LogP contribution in [0, 0.1) is 0 Å². The molecule has 0 unspecified atom stereocenters. The van der Waals surface area contributed by atoms with Crippen molar-refractivity contribution in [3.05, 3.63) is 90.0 Å². The lowest BCUT2D eigenvalue weighted by Crippen LogP contribution is -1.91. The van der Waals surface area contributed by atoms with Crippen molar-refractivity contribution < 1.29 is 0 Å². The highest BCUT2D eigenvalue weighted by Gasteiger charge is 2.06. The zero-order valence-corrected chi connectivity index (χ0v) is 12.3. The fraction of sp³-hybridized carbons (Fsp3) is 0.0526. The van der Waals surface area contributed by atoms with Gasteiger partial charge in [-0.25, -0.2) is 0 Å². The van der Waals surface area contributed by atoms with Crippen LogP contribution in [-0.2, 0) is 6.42 Å². The Morgan fingerprint density at radius 2 is 1.25 bits per heavy atom. The van der Waals surface area contributed by atoms with Crippen LogP contribution in [0.5, 0.6) is 0 Å². The van der Waals surface area contributed by atoms with Crippen LogP contribution < -0.4 is 0 Å². The minimum absolute atomic E-state index is 0. The second kappa shape index (κ2) is 6.97. The van der Waals surface area contributed by atoms with Gasteiger partial charge in [0.15, 0.2) is 0 Å². The predicted octanol–water partition coefficient (Wildman–Crippen LogP) is 5.21. The Balaban J connectivity index is 0.000000180. The van der Waals surface area contributed by atoms with Gasteiger partial charge in [-0.05, 0) is 28.3 Å². The molecule has 1 aliphatic carbocycles. The third-order valence-corrected chi connectivity index (χ3v) is 3.33. The average molecular weight is 278 g/mol. The van der Waals surface area contributed by atoms with Crippen LogP contribution in [0.4, 0.5) is 0 Å². The highest BCUT2D eigenvalue weighted by atomic mass is 32.1. The molecule has 20 heavy (non-hydrogen) atoms. The number of allylic oxidation sites excluding steroid dienone is 1. The van der Waals surface area contributed by atoms with Crippen molar-refractivity contribution in [2.24, 2.45) is 0 Å². The third-order valence-electron chi connectivity index (χ3n) is 3.33. The molecule has 0 amide bonds. The lowest BCUT2D eigenvalue weighted by Gasteiger charge is -2.11. The summed E-state index contributed by atoms with van der Waals surface area (Å²) in [5, 5.41) is 2.80. The van der Waals surface area contributed by atoms with Crippen molar-refractivity contribution in [2.75, 3.05) is 0 Å². The summed E-state index contributed by atoms with van der Waals surface area (Å²) in [4.78, 5) is 0. The predicted molar refractivity (Wildman–Crippen MR) is 93.5 cm³/mol. The van der Waals surface area contributed by atoms with Gasteiger partial charge in [-0.3, -0.25) is 0 Å². The molecule has 0 bridgehead atoms. The minimum Gasteiger partial charge on any atom is -0.197 e. The van der Waals surface area contributed by atoms with Gasteiger partial charge in [0, 0.05) is 0 Å². The lowest BCUT2D eigenvalue weighted by molar-refractivity contribution is 1.29. The standard InChI is InChI=1S/C13H10.C6H6.H2S/c1-4-10-6-2-8-12-9-3-7-11(5-1)13(10)12;1-2-4-6-5-3-1;/h1-8H,9H2;1-6H;1H2. The van der Waals surface area contributed by atoms with Gasteiger partial charge in [0.2, 0.25) is 0 Å². The zero-order valence-electron chi connectivity index (χ0n) is 11.3. The van der Waals surface area contributed by atoms with Crippen LogP contribution in [0.25, 0.3) is 16.8 Å². The highest BCUT2D eigenvalue weighted by molar-refractivity contribution is 7.59. The third kappa shape index (κ3) is 3.12. The molecular formula is C19H18S. The molecule has 100 valence electrons. The molecule has 0 heterocycles. The van der Waals surface area contributed by atoms with E-state index in [1.165, 1.54) is 21.9 Å². The molecule has 0 N–H and O–H groups in total. The molecule has 0 aliphatic heterocycles. The van der Waals surface area contributed by atoms with Crippen LogP contribution in [0.1, 0.15) is 11.1 Å². The van der Waals surface area contributed by atoms with Crippen LogP contribution in [0.2, 0.25) is 0 Å². The average Bonchev–Trinajstić information content (AvgIpc) is 2.51. The molecular weight excluding hydrogens is 260 g/mol. The molecule has 4 rings (SSSR count). The zero-order chi connectivity index (χ0) is 12.9. The highest BCUT2D eigenvalue weighted by Crippen LogP contribution is 2.27. The molecule has 3 aromatic carbocycles. The van der Waals surface area contributed by atoms with Crippen molar-refractivity contribution in [1.29, 1.82) is 0 Å². The summed E-state index contributed by atoms with van der Waals surface area (Å²) in [6.45, 7) is 0. The quantitative estimate of drug-likeness (QED) is 0.529. The van der Waals surface area contributed by atoms with Crippen molar-refractivity contribution in [1.82, 2.24) is 0 Å². The normalized spacial score (nSPS) is 11.2. The Morgan fingerprint density at radius 1 is 0.650 bits per heavy atom. The molecule has 0 spiro atoms. The van der Waals surface area contributed by atoms with Crippen LogP contribution in [-0.4, -0.2) is 0 Å². The molecule has 1 heteroatoms. The van der Waals surface area contributed by atoms with Crippen LogP contribution >= 0.6 is 13.5 Å². The Labute approximate surface area is 127 Å². The van der Waals surface area contributed by atoms with Crippen molar-refractivity contribution >= 4 is 30.3 Å². The van der Waals surface area contributed by atoms with E-state index in [4.69, 9.17) is 0 Å². The summed E-state index contributed by atoms with van der Waals surface area (Å²) in [7, 11) is 0. The topological polar surface area (TPSA) is 0 Å². The van der Waals surface area contributed by atoms with Gasteiger partial charge in [0.25, 0.3) is 0 Å². The summed E-state index contributed by atoms with van der Waals surface area (Å²) in [6, 6.07) is 25.0. The monoisotopic (exact) mass is 278 g/mol. The Kier molecular flexibility index (Phi) is 5.03. The van der Waals surface area contributed by atoms with E-state index in [0.29, 0.717) is 0 Å². The maximum absolute atomic E-state index is 2.23. The summed E-state index contributed by atoms with van der Waals surface area (Å²) in [5.41, 5.74) is 2.81. The fourth-order valence-corrected chi connectivity index (χ4v) is 2.46.